The van der Waals surface area contributed by atoms with Gasteiger partial charge in [0.2, 0.25) is 0 Å². The predicted octanol–water partition coefficient (Wildman–Crippen LogP) is 4.76. The molecule has 1 atom stereocenters. The number of pyridine rings is 1. The fourth-order valence-corrected chi connectivity index (χ4v) is 4.52. The number of para-hydroxylation sites is 2. The number of imidazole rings is 1. The quantitative estimate of drug-likeness (QED) is 0.492. The maximum absolute atomic E-state index is 4.85. The molecule has 2 heterocycles. The Labute approximate surface area is 177 Å². The number of anilines is 1. The molecular weight excluding hydrogens is 370 g/mol. The van der Waals surface area contributed by atoms with Crippen LogP contribution in [-0.2, 0) is 19.5 Å². The summed E-state index contributed by atoms with van der Waals surface area (Å²) in [5, 5.41) is 3.23. The van der Waals surface area contributed by atoms with Crippen LogP contribution in [0.2, 0.25) is 0 Å². The number of hydrogen-bond acceptors (Lipinski definition) is 4. The molecule has 0 saturated carbocycles. The van der Waals surface area contributed by atoms with Gasteiger partial charge in [0.05, 0.1) is 29.3 Å². The summed E-state index contributed by atoms with van der Waals surface area (Å²) in [5.41, 5.74) is 7.17. The van der Waals surface area contributed by atoms with E-state index in [0.717, 1.165) is 42.8 Å². The molecule has 0 radical (unpaired) electrons. The van der Waals surface area contributed by atoms with E-state index in [1.54, 1.807) is 0 Å². The van der Waals surface area contributed by atoms with Crippen LogP contribution >= 0.6 is 0 Å². The van der Waals surface area contributed by atoms with Crippen molar-refractivity contribution in [3.05, 3.63) is 89.5 Å². The molecule has 5 heteroatoms. The summed E-state index contributed by atoms with van der Waals surface area (Å²) in [4.78, 5) is 15.6. The van der Waals surface area contributed by atoms with Gasteiger partial charge in [0.1, 0.15) is 5.82 Å². The molecule has 0 amide bonds. The zero-order valence-corrected chi connectivity index (χ0v) is 17.3. The Kier molecular flexibility index (Phi) is 5.20. The lowest BCUT2D eigenvalue weighted by atomic mass is 9.90. The molecule has 2 aromatic carbocycles. The third kappa shape index (κ3) is 3.68. The van der Waals surface area contributed by atoms with Crippen molar-refractivity contribution in [3.63, 3.8) is 0 Å². The van der Waals surface area contributed by atoms with Gasteiger partial charge in [-0.2, -0.15) is 0 Å². The lowest BCUT2D eigenvalue weighted by Gasteiger charge is -2.36. The number of nitrogens with one attached hydrogen (secondary N) is 2. The van der Waals surface area contributed by atoms with Gasteiger partial charge in [-0.05, 0) is 67.8 Å². The van der Waals surface area contributed by atoms with Gasteiger partial charge in [0.25, 0.3) is 0 Å². The zero-order valence-electron chi connectivity index (χ0n) is 17.3. The third-order valence-electron chi connectivity index (χ3n) is 5.95. The van der Waals surface area contributed by atoms with Crippen LogP contribution in [0.4, 0.5) is 5.69 Å². The van der Waals surface area contributed by atoms with Crippen molar-refractivity contribution < 1.29 is 0 Å². The summed E-state index contributed by atoms with van der Waals surface area (Å²) in [6, 6.07) is 21.6. The topological polar surface area (TPSA) is 56.8 Å². The molecule has 5 nitrogen and oxygen atoms in total. The van der Waals surface area contributed by atoms with E-state index < -0.39 is 0 Å². The lowest BCUT2D eigenvalue weighted by molar-refractivity contribution is 0.501. The smallest absolute Gasteiger partial charge is 0.126 e. The number of aromatic nitrogens is 3. The van der Waals surface area contributed by atoms with E-state index in [2.05, 4.69) is 63.7 Å². The highest BCUT2D eigenvalue weighted by Crippen LogP contribution is 2.37. The van der Waals surface area contributed by atoms with Gasteiger partial charge in [0, 0.05) is 18.4 Å². The summed E-state index contributed by atoms with van der Waals surface area (Å²) < 4.78 is 0. The Bertz CT molecular complexity index is 1100. The highest BCUT2D eigenvalue weighted by Gasteiger charge is 2.28. The number of benzene rings is 2. The summed E-state index contributed by atoms with van der Waals surface area (Å²) >= 11 is 0. The van der Waals surface area contributed by atoms with Crippen molar-refractivity contribution in [2.45, 2.75) is 38.4 Å². The van der Waals surface area contributed by atoms with Crippen LogP contribution in [0.5, 0.6) is 0 Å². The number of rotatable bonds is 6. The van der Waals surface area contributed by atoms with Gasteiger partial charge in [-0.15, -0.1) is 0 Å². The number of hydrogen-bond donors (Lipinski definition) is 2. The predicted molar refractivity (Wildman–Crippen MR) is 121 cm³/mol. The Hall–Kier alpha value is -3.18. The van der Waals surface area contributed by atoms with Crippen LogP contribution < -0.4 is 10.2 Å². The van der Waals surface area contributed by atoms with Gasteiger partial charge < -0.3 is 15.2 Å². The number of aryl methyl sites for hydroxylation is 1. The molecule has 2 N–H and O–H groups in total. The first-order chi connectivity index (χ1) is 14.8. The Morgan fingerprint density at radius 1 is 1.07 bits per heavy atom. The average Bonchev–Trinajstić information content (AvgIpc) is 3.21. The van der Waals surface area contributed by atoms with Crippen molar-refractivity contribution in [1.82, 2.24) is 20.3 Å². The van der Waals surface area contributed by atoms with E-state index in [1.165, 1.54) is 28.9 Å². The summed E-state index contributed by atoms with van der Waals surface area (Å²) in [5.74, 6) is 0.985. The largest absolute Gasteiger partial charge is 0.355 e. The van der Waals surface area contributed by atoms with Crippen molar-refractivity contribution in [1.29, 1.82) is 0 Å². The minimum Gasteiger partial charge on any atom is -0.355 e. The summed E-state index contributed by atoms with van der Waals surface area (Å²) in [6.07, 6.45) is 5.31. The fraction of sp³-hybridized carbons (Fsp3) is 0.280. The monoisotopic (exact) mass is 397 g/mol. The van der Waals surface area contributed by atoms with Crippen LogP contribution in [0.15, 0.2) is 66.9 Å². The Morgan fingerprint density at radius 3 is 2.77 bits per heavy atom. The minimum atomic E-state index is 0.248. The second-order valence-electron chi connectivity index (χ2n) is 7.98. The molecule has 0 saturated heterocycles. The van der Waals surface area contributed by atoms with Crippen LogP contribution in [0.25, 0.3) is 11.0 Å². The molecular formula is C25H27N5. The first-order valence-electron chi connectivity index (χ1n) is 10.7. The molecule has 4 aromatic rings. The molecule has 0 bridgehead atoms. The van der Waals surface area contributed by atoms with Crippen molar-refractivity contribution in [2.75, 3.05) is 11.9 Å². The SMILES string of the molecule is CNCc1ccc(N(Cc2nc3ccccc3[nH]2)C2CCCc3cccnc32)cc1. The van der Waals surface area contributed by atoms with Crippen molar-refractivity contribution in [2.24, 2.45) is 0 Å². The van der Waals surface area contributed by atoms with Gasteiger partial charge in [-0.3, -0.25) is 4.98 Å². The van der Waals surface area contributed by atoms with Gasteiger partial charge >= 0.3 is 0 Å². The third-order valence-corrected chi connectivity index (χ3v) is 5.95. The van der Waals surface area contributed by atoms with E-state index in [1.807, 2.05) is 25.4 Å². The van der Waals surface area contributed by atoms with Crippen LogP contribution in [0.3, 0.4) is 0 Å². The van der Waals surface area contributed by atoms with Crippen LogP contribution in [0, 0.1) is 0 Å². The minimum absolute atomic E-state index is 0.248. The first-order valence-corrected chi connectivity index (χ1v) is 10.7. The molecule has 1 unspecified atom stereocenters. The van der Waals surface area contributed by atoms with Gasteiger partial charge in [0.15, 0.2) is 0 Å². The molecule has 0 spiro atoms. The highest BCUT2D eigenvalue weighted by atomic mass is 15.2. The summed E-state index contributed by atoms with van der Waals surface area (Å²) in [7, 11) is 1.98. The molecule has 0 fully saturated rings. The second-order valence-corrected chi connectivity index (χ2v) is 7.98. The van der Waals surface area contributed by atoms with E-state index >= 15 is 0 Å². The summed E-state index contributed by atoms with van der Waals surface area (Å²) in [6.45, 7) is 1.60. The normalized spacial score (nSPS) is 15.8. The number of H-pyrrole nitrogens is 1. The van der Waals surface area contributed by atoms with E-state index in [0.29, 0.717) is 0 Å². The fourth-order valence-electron chi connectivity index (χ4n) is 4.52. The zero-order chi connectivity index (χ0) is 20.3. The second kappa shape index (κ2) is 8.28. The maximum atomic E-state index is 4.85. The van der Waals surface area contributed by atoms with E-state index in [9.17, 15) is 0 Å². The molecule has 5 rings (SSSR count). The Morgan fingerprint density at radius 2 is 1.93 bits per heavy atom. The molecule has 30 heavy (non-hydrogen) atoms. The average molecular weight is 398 g/mol. The molecule has 152 valence electrons. The molecule has 1 aliphatic carbocycles. The Balaban J connectivity index is 1.53. The first kappa shape index (κ1) is 18.8. The number of aromatic amines is 1. The van der Waals surface area contributed by atoms with E-state index in [4.69, 9.17) is 9.97 Å². The standard InChI is InChI=1S/C25H27N5/c1-26-16-18-11-13-20(14-12-18)30(17-24-28-21-8-2-3-9-22(21)29-24)23-10-4-6-19-7-5-15-27-25(19)23/h2-3,5,7-9,11-15,23,26H,4,6,10,16-17H2,1H3,(H,28,29). The maximum Gasteiger partial charge on any atom is 0.126 e. The van der Waals surface area contributed by atoms with Crippen molar-refractivity contribution in [3.8, 4) is 0 Å². The van der Waals surface area contributed by atoms with Crippen LogP contribution in [0.1, 0.15) is 41.5 Å². The van der Waals surface area contributed by atoms with Crippen molar-refractivity contribution >= 4 is 16.7 Å². The molecule has 0 aliphatic heterocycles. The number of fused-ring (bicyclic) bond motifs is 2. The molecule has 1 aliphatic rings. The van der Waals surface area contributed by atoms with Gasteiger partial charge in [-0.25, -0.2) is 4.98 Å². The lowest BCUT2D eigenvalue weighted by Crippen LogP contribution is -2.32. The van der Waals surface area contributed by atoms with E-state index in [-0.39, 0.29) is 6.04 Å². The van der Waals surface area contributed by atoms with Gasteiger partial charge in [-0.1, -0.05) is 30.3 Å². The number of nitrogens with zero attached hydrogens (tertiary/aromatic N) is 3. The highest BCUT2D eigenvalue weighted by molar-refractivity contribution is 5.74. The molecule has 2 aromatic heterocycles. The van der Waals surface area contributed by atoms with Crippen LogP contribution in [-0.4, -0.2) is 22.0 Å².